The molecule has 1 amide bonds. The lowest BCUT2D eigenvalue weighted by Crippen LogP contribution is -2.23. The summed E-state index contributed by atoms with van der Waals surface area (Å²) in [7, 11) is 0. The molecule has 3 heteroatoms. The van der Waals surface area contributed by atoms with E-state index in [1.165, 1.54) is 5.56 Å². The maximum absolute atomic E-state index is 11.5. The Morgan fingerprint density at radius 2 is 2.07 bits per heavy atom. The molecular weight excluding hydrogens is 254 g/mol. The second kappa shape index (κ2) is 5.71. The van der Waals surface area contributed by atoms with Gasteiger partial charge >= 0.3 is 0 Å². The normalized spacial score (nSPS) is 9.73. The van der Waals surface area contributed by atoms with Gasteiger partial charge in [0.1, 0.15) is 0 Å². The van der Waals surface area contributed by atoms with Crippen molar-refractivity contribution in [2.45, 2.75) is 18.7 Å². The molecule has 0 N–H and O–H groups in total. The first-order chi connectivity index (χ1) is 7.22. The van der Waals surface area contributed by atoms with Crippen molar-refractivity contribution in [2.75, 3.05) is 4.90 Å². The molecule has 1 aromatic rings. The zero-order valence-corrected chi connectivity index (χ0v) is 10.3. The fourth-order valence-corrected chi connectivity index (χ4v) is 1.64. The van der Waals surface area contributed by atoms with E-state index in [1.807, 2.05) is 31.2 Å². The molecule has 0 fully saturated rings. The van der Waals surface area contributed by atoms with E-state index in [1.54, 1.807) is 11.1 Å². The van der Waals surface area contributed by atoms with Crippen LogP contribution in [0.15, 0.2) is 37.0 Å². The minimum Gasteiger partial charge on any atom is -0.288 e. The lowest BCUT2D eigenvalue weighted by Gasteiger charge is -2.17. The molecule has 0 saturated heterocycles. The second-order valence-electron chi connectivity index (χ2n) is 3.10. The molecule has 0 radical (unpaired) electrons. The van der Waals surface area contributed by atoms with Gasteiger partial charge in [0.15, 0.2) is 0 Å². The van der Waals surface area contributed by atoms with Gasteiger partial charge in [-0.1, -0.05) is 41.6 Å². The Kier molecular flexibility index (Phi) is 4.56. The number of hydrogen-bond donors (Lipinski definition) is 0. The van der Waals surface area contributed by atoms with Crippen molar-refractivity contribution in [3.05, 3.63) is 42.6 Å². The number of nitrogens with zero attached hydrogens (tertiary/aromatic N) is 1. The Hall–Kier alpha value is -1.09. The summed E-state index contributed by atoms with van der Waals surface area (Å²) in [5, 5.41) is 0.823. The quantitative estimate of drug-likeness (QED) is 0.766. The molecule has 0 heterocycles. The van der Waals surface area contributed by atoms with Crippen molar-refractivity contribution in [3.8, 4) is 0 Å². The third kappa shape index (κ3) is 2.93. The van der Waals surface area contributed by atoms with Crippen LogP contribution in [-0.4, -0.2) is 5.91 Å². The average molecular weight is 268 g/mol. The lowest BCUT2D eigenvalue weighted by molar-refractivity contribution is -0.117. The van der Waals surface area contributed by atoms with Crippen LogP contribution >= 0.6 is 15.9 Å². The predicted molar refractivity (Wildman–Crippen MR) is 67.0 cm³/mol. The minimum atomic E-state index is 0.0524. The average Bonchev–Trinajstić information content (AvgIpc) is 2.30. The van der Waals surface area contributed by atoms with E-state index in [9.17, 15) is 4.79 Å². The van der Waals surface area contributed by atoms with Crippen LogP contribution in [0.4, 0.5) is 5.69 Å². The van der Waals surface area contributed by atoms with Gasteiger partial charge in [-0.25, -0.2) is 0 Å². The Morgan fingerprint density at radius 1 is 1.47 bits per heavy atom. The van der Waals surface area contributed by atoms with E-state index >= 15 is 0 Å². The van der Waals surface area contributed by atoms with Gasteiger partial charge in [0.25, 0.3) is 0 Å². The number of halogens is 1. The molecule has 0 unspecified atom stereocenters. The molecule has 2 nitrogen and oxygen atoms in total. The van der Waals surface area contributed by atoms with Gasteiger partial charge < -0.3 is 0 Å². The largest absolute Gasteiger partial charge is 0.288 e. The molecule has 0 aliphatic heterocycles. The van der Waals surface area contributed by atoms with Gasteiger partial charge in [0.05, 0.1) is 0 Å². The highest BCUT2D eigenvalue weighted by Gasteiger charge is 2.09. The molecule has 0 aliphatic carbocycles. The minimum absolute atomic E-state index is 0.0524. The van der Waals surface area contributed by atoms with E-state index in [4.69, 9.17) is 0 Å². The first kappa shape index (κ1) is 12.0. The summed E-state index contributed by atoms with van der Waals surface area (Å²) >= 11 is 3.38. The molecule has 15 heavy (non-hydrogen) atoms. The first-order valence-corrected chi connectivity index (χ1v) is 5.94. The summed E-state index contributed by atoms with van der Waals surface area (Å²) in [4.78, 5) is 13.1. The molecule has 0 aliphatic rings. The summed E-state index contributed by atoms with van der Waals surface area (Å²) in [6, 6.07) is 7.82. The number of hydrogen-bond acceptors (Lipinski definition) is 1. The highest BCUT2D eigenvalue weighted by Crippen LogP contribution is 2.17. The molecule has 0 atom stereocenters. The fourth-order valence-electron chi connectivity index (χ4n) is 1.27. The number of amides is 1. The molecular formula is C12H14BrNO. The van der Waals surface area contributed by atoms with Gasteiger partial charge in [-0.3, -0.25) is 9.69 Å². The number of carbonyl (C=O) groups is 1. The Labute approximate surface area is 98.7 Å². The summed E-state index contributed by atoms with van der Waals surface area (Å²) in [6.45, 7) is 5.48. The fraction of sp³-hybridized carbons (Fsp3) is 0.250. The van der Waals surface area contributed by atoms with Crippen molar-refractivity contribution in [2.24, 2.45) is 0 Å². The monoisotopic (exact) mass is 267 g/mol. The van der Waals surface area contributed by atoms with Crippen LogP contribution in [-0.2, 0) is 10.1 Å². The van der Waals surface area contributed by atoms with Crippen LogP contribution in [0, 0.1) is 0 Å². The third-order valence-electron chi connectivity index (χ3n) is 2.12. The maximum Gasteiger partial charge on any atom is 0.230 e. The van der Waals surface area contributed by atoms with Gasteiger partial charge in [-0.05, 0) is 17.7 Å². The second-order valence-corrected chi connectivity index (χ2v) is 3.66. The van der Waals surface area contributed by atoms with Gasteiger partial charge in [-0.15, -0.1) is 0 Å². The standard InChI is InChI=1S/C12H14BrNO/c1-3-12(15)14(4-2)11-7-5-10(9-13)6-8-11/h4-8H,2-3,9H2,1H3. The zero-order chi connectivity index (χ0) is 11.3. The van der Waals surface area contributed by atoms with E-state index in [2.05, 4.69) is 22.5 Å². The lowest BCUT2D eigenvalue weighted by atomic mass is 10.2. The SMILES string of the molecule is C=CN(C(=O)CC)c1ccc(CBr)cc1. The molecule has 0 bridgehead atoms. The molecule has 0 aromatic heterocycles. The molecule has 80 valence electrons. The van der Waals surface area contributed by atoms with Crippen LogP contribution in [0.1, 0.15) is 18.9 Å². The van der Waals surface area contributed by atoms with Crippen molar-refractivity contribution in [3.63, 3.8) is 0 Å². The van der Waals surface area contributed by atoms with Crippen LogP contribution in [0.3, 0.4) is 0 Å². The Balaban J connectivity index is 2.92. The van der Waals surface area contributed by atoms with Gasteiger partial charge in [0, 0.05) is 23.6 Å². The summed E-state index contributed by atoms with van der Waals surface area (Å²) in [5.74, 6) is 0.0524. The number of anilines is 1. The van der Waals surface area contributed by atoms with E-state index in [0.717, 1.165) is 11.0 Å². The van der Waals surface area contributed by atoms with E-state index in [0.29, 0.717) is 6.42 Å². The first-order valence-electron chi connectivity index (χ1n) is 4.82. The van der Waals surface area contributed by atoms with Gasteiger partial charge in [0.2, 0.25) is 5.91 Å². The van der Waals surface area contributed by atoms with Crippen molar-refractivity contribution in [1.29, 1.82) is 0 Å². The van der Waals surface area contributed by atoms with Crippen molar-refractivity contribution in [1.82, 2.24) is 0 Å². The summed E-state index contributed by atoms with van der Waals surface area (Å²) in [5.41, 5.74) is 2.05. The van der Waals surface area contributed by atoms with Crippen molar-refractivity contribution < 1.29 is 4.79 Å². The number of alkyl halides is 1. The Morgan fingerprint density at radius 3 is 2.47 bits per heavy atom. The zero-order valence-electron chi connectivity index (χ0n) is 8.74. The van der Waals surface area contributed by atoms with E-state index in [-0.39, 0.29) is 5.91 Å². The summed E-state index contributed by atoms with van der Waals surface area (Å²) < 4.78 is 0. The Bertz CT molecular complexity index is 345. The van der Waals surface area contributed by atoms with Crippen LogP contribution in [0.2, 0.25) is 0 Å². The van der Waals surface area contributed by atoms with E-state index < -0.39 is 0 Å². The number of benzene rings is 1. The van der Waals surface area contributed by atoms with Crippen LogP contribution in [0.5, 0.6) is 0 Å². The maximum atomic E-state index is 11.5. The highest BCUT2D eigenvalue weighted by atomic mass is 79.9. The third-order valence-corrected chi connectivity index (χ3v) is 2.77. The molecule has 1 rings (SSSR count). The molecule has 0 saturated carbocycles. The smallest absolute Gasteiger partial charge is 0.230 e. The van der Waals surface area contributed by atoms with Crippen LogP contribution < -0.4 is 4.90 Å². The van der Waals surface area contributed by atoms with Gasteiger partial charge in [-0.2, -0.15) is 0 Å². The number of carbonyl (C=O) groups excluding carboxylic acids is 1. The van der Waals surface area contributed by atoms with Crippen molar-refractivity contribution >= 4 is 27.5 Å². The number of rotatable bonds is 4. The summed E-state index contributed by atoms with van der Waals surface area (Å²) in [6.07, 6.45) is 2.03. The predicted octanol–water partition coefficient (Wildman–Crippen LogP) is 3.47. The van der Waals surface area contributed by atoms with Crippen LogP contribution in [0.25, 0.3) is 0 Å². The topological polar surface area (TPSA) is 20.3 Å². The molecule has 1 aromatic carbocycles. The highest BCUT2D eigenvalue weighted by molar-refractivity contribution is 9.08. The molecule has 0 spiro atoms.